The van der Waals surface area contributed by atoms with Gasteiger partial charge >= 0.3 is 0 Å². The summed E-state index contributed by atoms with van der Waals surface area (Å²) in [5.41, 5.74) is 3.14. The number of nitrogens with one attached hydrogen (secondary N) is 1. The summed E-state index contributed by atoms with van der Waals surface area (Å²) in [7, 11) is 0. The van der Waals surface area contributed by atoms with Crippen LogP contribution in [0.15, 0.2) is 64.6 Å². The number of aromatic nitrogens is 2. The van der Waals surface area contributed by atoms with Crippen molar-refractivity contribution >= 4 is 40.6 Å². The molecule has 8 heteroatoms. The Morgan fingerprint density at radius 2 is 1.84 bits per heavy atom. The van der Waals surface area contributed by atoms with Gasteiger partial charge < -0.3 is 15.0 Å². The van der Waals surface area contributed by atoms with Crippen molar-refractivity contribution in [1.82, 2.24) is 9.97 Å². The molecule has 3 aromatic rings. The number of halogens is 1. The quantitative estimate of drug-likeness (QED) is 0.489. The van der Waals surface area contributed by atoms with E-state index in [2.05, 4.69) is 44.5 Å². The van der Waals surface area contributed by atoms with Gasteiger partial charge in [0.1, 0.15) is 10.9 Å². The third-order valence-electron chi connectivity index (χ3n) is 5.11. The van der Waals surface area contributed by atoms with Gasteiger partial charge in [0.15, 0.2) is 0 Å². The van der Waals surface area contributed by atoms with Gasteiger partial charge in [-0.1, -0.05) is 42.4 Å². The molecule has 32 heavy (non-hydrogen) atoms. The lowest BCUT2D eigenvalue weighted by Gasteiger charge is -2.28. The first-order valence-electron chi connectivity index (χ1n) is 10.6. The summed E-state index contributed by atoms with van der Waals surface area (Å²) in [5, 5.41) is 4.08. The Bertz CT molecular complexity index is 1050. The van der Waals surface area contributed by atoms with Crippen LogP contribution < -0.4 is 10.2 Å². The van der Waals surface area contributed by atoms with Crippen LogP contribution in [0.3, 0.4) is 0 Å². The summed E-state index contributed by atoms with van der Waals surface area (Å²) in [5.74, 6) is 0.717. The molecular weight excluding hydrogens is 444 g/mol. The maximum absolute atomic E-state index is 11.5. The summed E-state index contributed by atoms with van der Waals surface area (Å²) in [6.07, 6.45) is 2.74. The summed E-state index contributed by atoms with van der Waals surface area (Å²) in [6.45, 7) is 5.22. The Morgan fingerprint density at radius 3 is 2.53 bits per heavy atom. The molecule has 0 radical (unpaired) electrons. The fourth-order valence-electron chi connectivity index (χ4n) is 3.34. The van der Waals surface area contributed by atoms with E-state index in [1.165, 1.54) is 17.4 Å². The lowest BCUT2D eigenvalue weighted by atomic mass is 10.1. The smallest absolute Gasteiger partial charge is 0.224 e. The minimum atomic E-state index is -0.00753. The molecule has 0 bridgehead atoms. The molecule has 2 aromatic carbocycles. The lowest BCUT2D eigenvalue weighted by molar-refractivity contribution is -0.115. The van der Waals surface area contributed by atoms with E-state index < -0.39 is 0 Å². The van der Waals surface area contributed by atoms with Gasteiger partial charge in [0, 0.05) is 42.2 Å². The summed E-state index contributed by atoms with van der Waals surface area (Å²) in [6, 6.07) is 16.2. The predicted octanol–water partition coefficient (Wildman–Crippen LogP) is 5.06. The maximum Gasteiger partial charge on any atom is 0.224 e. The molecule has 0 spiro atoms. The zero-order valence-electron chi connectivity index (χ0n) is 17.9. The molecule has 166 valence electrons. The molecule has 1 aliphatic rings. The Labute approximate surface area is 197 Å². The first-order valence-corrected chi connectivity index (χ1v) is 11.8. The molecule has 1 N–H and O–H groups in total. The minimum absolute atomic E-state index is 0.00753. The molecule has 6 nitrogen and oxygen atoms in total. The highest BCUT2D eigenvalue weighted by Crippen LogP contribution is 2.32. The van der Waals surface area contributed by atoms with Gasteiger partial charge in [0.05, 0.1) is 24.4 Å². The molecule has 4 rings (SSSR count). The van der Waals surface area contributed by atoms with Crippen LogP contribution in [-0.4, -0.2) is 42.2 Å². The molecule has 0 atom stereocenters. The van der Waals surface area contributed by atoms with Gasteiger partial charge in [0.25, 0.3) is 0 Å². The SMILES string of the molecule is CCC(=O)Nc1ccc(Sc2nc(Cc3ccc(N4CCOCC4)cc3)ncc2Cl)cc1. The van der Waals surface area contributed by atoms with E-state index in [0.29, 0.717) is 22.9 Å². The fraction of sp³-hybridized carbons (Fsp3) is 0.292. The van der Waals surface area contributed by atoms with Gasteiger partial charge in [-0.05, 0) is 42.0 Å². The normalized spacial score (nSPS) is 13.8. The Kier molecular flexibility index (Phi) is 7.63. The highest BCUT2D eigenvalue weighted by atomic mass is 35.5. The van der Waals surface area contributed by atoms with Crippen molar-refractivity contribution in [3.05, 3.63) is 71.1 Å². The van der Waals surface area contributed by atoms with Crippen molar-refractivity contribution < 1.29 is 9.53 Å². The number of amides is 1. The van der Waals surface area contributed by atoms with Crippen molar-refractivity contribution in [2.75, 3.05) is 36.5 Å². The van der Waals surface area contributed by atoms with E-state index in [4.69, 9.17) is 16.3 Å². The number of rotatable bonds is 7. The Morgan fingerprint density at radius 1 is 1.12 bits per heavy atom. The van der Waals surface area contributed by atoms with Crippen molar-refractivity contribution in [3.63, 3.8) is 0 Å². The van der Waals surface area contributed by atoms with Crippen LogP contribution in [0.5, 0.6) is 0 Å². The predicted molar refractivity (Wildman–Crippen MR) is 129 cm³/mol. The van der Waals surface area contributed by atoms with Gasteiger partial charge in [-0.3, -0.25) is 4.79 Å². The first kappa shape index (κ1) is 22.6. The second-order valence-corrected chi connectivity index (χ2v) is 8.88. The van der Waals surface area contributed by atoms with Crippen LogP contribution in [0.4, 0.5) is 11.4 Å². The average Bonchev–Trinajstić information content (AvgIpc) is 2.83. The number of carbonyl (C=O) groups is 1. The monoisotopic (exact) mass is 468 g/mol. The topological polar surface area (TPSA) is 67.4 Å². The standard InChI is InChI=1S/C24H25ClN4O2S/c1-2-23(30)27-18-5-9-20(10-6-18)32-24-21(25)16-26-22(28-24)15-17-3-7-19(8-4-17)29-11-13-31-14-12-29/h3-10,16H,2,11-15H2,1H3,(H,27,30). The van der Waals surface area contributed by atoms with Crippen LogP contribution in [0.1, 0.15) is 24.7 Å². The van der Waals surface area contributed by atoms with E-state index in [-0.39, 0.29) is 5.91 Å². The molecule has 0 saturated carbocycles. The Hall–Kier alpha value is -2.61. The average molecular weight is 469 g/mol. The molecule has 0 unspecified atom stereocenters. The number of hydrogen-bond donors (Lipinski definition) is 1. The number of hydrogen-bond acceptors (Lipinski definition) is 6. The van der Waals surface area contributed by atoms with Gasteiger partial charge in [-0.25, -0.2) is 9.97 Å². The summed E-state index contributed by atoms with van der Waals surface area (Å²) in [4.78, 5) is 23.9. The number of ether oxygens (including phenoxy) is 1. The third-order valence-corrected chi connectivity index (χ3v) is 6.51. The molecule has 0 aliphatic carbocycles. The molecular formula is C24H25ClN4O2S. The lowest BCUT2D eigenvalue weighted by Crippen LogP contribution is -2.36. The van der Waals surface area contributed by atoms with Crippen LogP contribution >= 0.6 is 23.4 Å². The first-order chi connectivity index (χ1) is 15.6. The number of anilines is 2. The van der Waals surface area contributed by atoms with Crippen molar-refractivity contribution in [1.29, 1.82) is 0 Å². The van der Waals surface area contributed by atoms with Gasteiger partial charge in [-0.15, -0.1) is 0 Å². The Balaban J connectivity index is 1.41. The second kappa shape index (κ2) is 10.8. The third kappa shape index (κ3) is 6.00. The number of nitrogens with zero attached hydrogens (tertiary/aromatic N) is 3. The number of carbonyl (C=O) groups excluding carboxylic acids is 1. The largest absolute Gasteiger partial charge is 0.378 e. The number of benzene rings is 2. The van der Waals surface area contributed by atoms with Crippen LogP contribution in [0, 0.1) is 0 Å². The van der Waals surface area contributed by atoms with E-state index in [0.717, 1.165) is 48.3 Å². The van der Waals surface area contributed by atoms with E-state index in [1.807, 2.05) is 31.2 Å². The molecule has 1 saturated heterocycles. The minimum Gasteiger partial charge on any atom is -0.378 e. The van der Waals surface area contributed by atoms with Gasteiger partial charge in [0.2, 0.25) is 5.91 Å². The highest BCUT2D eigenvalue weighted by molar-refractivity contribution is 7.99. The zero-order chi connectivity index (χ0) is 22.3. The van der Waals surface area contributed by atoms with Crippen LogP contribution in [-0.2, 0) is 16.0 Å². The van der Waals surface area contributed by atoms with E-state index in [1.54, 1.807) is 6.20 Å². The van der Waals surface area contributed by atoms with Crippen molar-refractivity contribution in [3.8, 4) is 0 Å². The summed E-state index contributed by atoms with van der Waals surface area (Å²) < 4.78 is 5.43. The zero-order valence-corrected chi connectivity index (χ0v) is 19.5. The van der Waals surface area contributed by atoms with Crippen molar-refractivity contribution in [2.45, 2.75) is 29.7 Å². The number of morpholine rings is 1. The molecule has 2 heterocycles. The van der Waals surface area contributed by atoms with E-state index >= 15 is 0 Å². The van der Waals surface area contributed by atoms with Crippen LogP contribution in [0.2, 0.25) is 5.02 Å². The molecule has 1 aromatic heterocycles. The fourth-order valence-corrected chi connectivity index (χ4v) is 4.34. The molecule has 1 amide bonds. The second-order valence-electron chi connectivity index (χ2n) is 7.41. The highest BCUT2D eigenvalue weighted by Gasteiger charge is 2.12. The van der Waals surface area contributed by atoms with Crippen molar-refractivity contribution in [2.24, 2.45) is 0 Å². The van der Waals surface area contributed by atoms with Crippen LogP contribution in [0.25, 0.3) is 0 Å². The maximum atomic E-state index is 11.5. The molecule has 1 aliphatic heterocycles. The molecule has 1 fully saturated rings. The summed E-state index contributed by atoms with van der Waals surface area (Å²) >= 11 is 7.84. The van der Waals surface area contributed by atoms with E-state index in [9.17, 15) is 4.79 Å². The van der Waals surface area contributed by atoms with Gasteiger partial charge in [-0.2, -0.15) is 0 Å².